The van der Waals surface area contributed by atoms with Gasteiger partial charge in [0.2, 0.25) is 12.4 Å². The summed E-state index contributed by atoms with van der Waals surface area (Å²) in [6.07, 6.45) is 6.71. The molecule has 35 heavy (non-hydrogen) atoms. The molecule has 0 unspecified atom stereocenters. The minimum atomic E-state index is -2.40. The molecule has 3 aromatic heterocycles. The van der Waals surface area contributed by atoms with Crippen molar-refractivity contribution in [3.63, 3.8) is 0 Å². The summed E-state index contributed by atoms with van der Waals surface area (Å²) < 4.78 is 28.1. The van der Waals surface area contributed by atoms with Gasteiger partial charge in [0.25, 0.3) is 0 Å². The van der Waals surface area contributed by atoms with Crippen molar-refractivity contribution in [2.75, 3.05) is 5.32 Å². The molecule has 2 N–H and O–H groups in total. The fraction of sp³-hybridized carbons (Fsp3) is 0.385. The van der Waals surface area contributed by atoms with E-state index >= 15 is 0 Å². The average molecular weight is 478 g/mol. The first kappa shape index (κ1) is 23.1. The van der Waals surface area contributed by atoms with E-state index in [9.17, 15) is 8.78 Å². The molecule has 1 saturated carbocycles. The van der Waals surface area contributed by atoms with E-state index in [2.05, 4.69) is 32.3 Å². The van der Waals surface area contributed by atoms with E-state index in [1.54, 1.807) is 16.9 Å². The summed E-state index contributed by atoms with van der Waals surface area (Å²) in [5.74, 6) is 0.476. The molecule has 3 heterocycles. The zero-order valence-corrected chi connectivity index (χ0v) is 19.7. The van der Waals surface area contributed by atoms with E-state index in [-0.39, 0.29) is 18.9 Å². The van der Waals surface area contributed by atoms with Crippen LogP contribution in [0.2, 0.25) is 0 Å². The number of nitrogens with one attached hydrogen (secondary N) is 2. The Balaban J connectivity index is 1.45. The average Bonchev–Trinajstić information content (AvgIpc) is 3.27. The summed E-state index contributed by atoms with van der Waals surface area (Å²) in [5.41, 5.74) is 5.73. The molecule has 7 nitrogen and oxygen atoms in total. The minimum Gasteiger partial charge on any atom is -0.386 e. The predicted molar refractivity (Wildman–Crippen MR) is 133 cm³/mol. The number of rotatable bonds is 8. The Bertz CT molecular complexity index is 1340. The Morgan fingerprint density at radius 3 is 2.57 bits per heavy atom. The van der Waals surface area contributed by atoms with Crippen molar-refractivity contribution in [1.29, 1.82) is 0 Å². The van der Waals surface area contributed by atoms with Crippen LogP contribution in [0.1, 0.15) is 44.7 Å². The lowest BCUT2D eigenvalue weighted by atomic mass is 9.91. The van der Waals surface area contributed by atoms with Crippen molar-refractivity contribution in [3.8, 4) is 11.1 Å². The van der Waals surface area contributed by atoms with Gasteiger partial charge < -0.3 is 10.6 Å². The molecule has 0 aliphatic heterocycles. The molecule has 0 radical (unpaired) electrons. The van der Waals surface area contributed by atoms with Crippen LogP contribution in [0.4, 0.5) is 14.7 Å². The van der Waals surface area contributed by atoms with Crippen LogP contribution in [-0.2, 0) is 6.42 Å². The van der Waals surface area contributed by atoms with Gasteiger partial charge in [0.15, 0.2) is 0 Å². The zero-order valence-electron chi connectivity index (χ0n) is 19.7. The molecule has 1 aliphatic carbocycles. The first-order valence-electron chi connectivity index (χ1n) is 12.0. The minimum absolute atomic E-state index is 0.165. The number of hydrogen-bond donors (Lipinski definition) is 2. The summed E-state index contributed by atoms with van der Waals surface area (Å²) in [6.45, 7) is 5.91. The Morgan fingerprint density at radius 2 is 1.83 bits per heavy atom. The van der Waals surface area contributed by atoms with Crippen LogP contribution >= 0.6 is 0 Å². The SMILES string of the molecule is C=C(C)NC1CCC(Nc2nc(CCC(F)F)c3c(-c4ccc5nccnc5c4)ccn3n2)CC1. The number of alkyl halides is 2. The lowest BCUT2D eigenvalue weighted by Crippen LogP contribution is -2.36. The highest BCUT2D eigenvalue weighted by Gasteiger charge is 2.23. The van der Waals surface area contributed by atoms with E-state index in [1.807, 2.05) is 37.4 Å². The third-order valence-electron chi connectivity index (χ3n) is 6.47. The largest absolute Gasteiger partial charge is 0.386 e. The van der Waals surface area contributed by atoms with Gasteiger partial charge in [0.05, 0.1) is 22.2 Å². The van der Waals surface area contributed by atoms with E-state index in [0.29, 0.717) is 17.7 Å². The summed E-state index contributed by atoms with van der Waals surface area (Å²) in [5, 5.41) is 11.6. The van der Waals surface area contributed by atoms with E-state index in [0.717, 1.165) is 59.1 Å². The Kier molecular flexibility index (Phi) is 6.57. The van der Waals surface area contributed by atoms with Crippen molar-refractivity contribution in [3.05, 3.63) is 60.8 Å². The highest BCUT2D eigenvalue weighted by Crippen LogP contribution is 2.31. The number of aromatic nitrogens is 5. The standard InChI is InChI=1S/C26H29F2N7/c1-16(2)31-18-4-6-19(7-5-18)32-26-33-22(9-10-24(27)28)25-20(11-14-35(25)34-26)17-3-8-21-23(15-17)30-13-12-29-21/h3,8,11-15,18-19,24,31H,1,4-7,9-10H2,2H3,(H,32,34). The number of hydrogen-bond acceptors (Lipinski definition) is 6. The number of anilines is 1. The van der Waals surface area contributed by atoms with E-state index in [4.69, 9.17) is 4.98 Å². The first-order chi connectivity index (χ1) is 17.0. The van der Waals surface area contributed by atoms with Crippen LogP contribution in [0.25, 0.3) is 27.7 Å². The molecule has 9 heteroatoms. The predicted octanol–water partition coefficient (Wildman–Crippen LogP) is 5.38. The topological polar surface area (TPSA) is 80.0 Å². The van der Waals surface area contributed by atoms with Crippen LogP contribution in [-0.4, -0.2) is 43.1 Å². The molecule has 0 amide bonds. The Hall–Kier alpha value is -3.62. The summed E-state index contributed by atoms with van der Waals surface area (Å²) in [6, 6.07) is 8.47. The molecule has 0 saturated heterocycles. The van der Waals surface area contributed by atoms with E-state index < -0.39 is 6.43 Å². The monoisotopic (exact) mass is 477 g/mol. The third-order valence-corrected chi connectivity index (χ3v) is 6.47. The summed E-state index contributed by atoms with van der Waals surface area (Å²) in [7, 11) is 0. The highest BCUT2D eigenvalue weighted by molar-refractivity contribution is 5.88. The molecule has 1 fully saturated rings. The molecular formula is C26H29F2N7. The lowest BCUT2D eigenvalue weighted by molar-refractivity contribution is 0.138. The highest BCUT2D eigenvalue weighted by atomic mass is 19.3. The maximum Gasteiger partial charge on any atom is 0.241 e. The van der Waals surface area contributed by atoms with Crippen LogP contribution in [0.15, 0.2) is 55.1 Å². The van der Waals surface area contributed by atoms with Gasteiger partial charge in [0.1, 0.15) is 0 Å². The quantitative estimate of drug-likeness (QED) is 0.355. The number of halogens is 2. The van der Waals surface area contributed by atoms with Crippen LogP contribution in [0.5, 0.6) is 0 Å². The lowest BCUT2D eigenvalue weighted by Gasteiger charge is -2.30. The number of benzene rings is 1. The second-order valence-electron chi connectivity index (χ2n) is 9.21. The number of aryl methyl sites for hydroxylation is 1. The second kappa shape index (κ2) is 9.93. The fourth-order valence-electron chi connectivity index (χ4n) is 4.86. The van der Waals surface area contributed by atoms with Gasteiger partial charge >= 0.3 is 0 Å². The van der Waals surface area contributed by atoms with Gasteiger partial charge in [-0.15, -0.1) is 5.10 Å². The molecule has 0 bridgehead atoms. The Labute approximate surface area is 202 Å². The number of nitrogens with zero attached hydrogens (tertiary/aromatic N) is 5. The molecular weight excluding hydrogens is 448 g/mol. The van der Waals surface area contributed by atoms with Crippen molar-refractivity contribution in [1.82, 2.24) is 29.9 Å². The van der Waals surface area contributed by atoms with Gasteiger partial charge in [-0.25, -0.2) is 18.3 Å². The normalized spacial score (nSPS) is 18.3. The molecule has 0 spiro atoms. The maximum atomic E-state index is 13.2. The Morgan fingerprint density at radius 1 is 1.09 bits per heavy atom. The van der Waals surface area contributed by atoms with Crippen LogP contribution < -0.4 is 10.6 Å². The summed E-state index contributed by atoms with van der Waals surface area (Å²) in [4.78, 5) is 13.4. The smallest absolute Gasteiger partial charge is 0.241 e. The maximum absolute atomic E-state index is 13.2. The van der Waals surface area contributed by atoms with Gasteiger partial charge in [-0.3, -0.25) is 9.97 Å². The van der Waals surface area contributed by atoms with Crippen LogP contribution in [0, 0.1) is 0 Å². The van der Waals surface area contributed by atoms with Gasteiger partial charge in [0, 0.05) is 48.4 Å². The van der Waals surface area contributed by atoms with Gasteiger partial charge in [-0.1, -0.05) is 12.6 Å². The molecule has 1 aromatic carbocycles. The van der Waals surface area contributed by atoms with Gasteiger partial charge in [-0.2, -0.15) is 0 Å². The summed E-state index contributed by atoms with van der Waals surface area (Å²) >= 11 is 0. The first-order valence-corrected chi connectivity index (χ1v) is 12.0. The third kappa shape index (κ3) is 5.23. The van der Waals surface area contributed by atoms with Crippen LogP contribution in [0.3, 0.4) is 0 Å². The zero-order chi connectivity index (χ0) is 24.4. The van der Waals surface area contributed by atoms with Crippen molar-refractivity contribution < 1.29 is 8.78 Å². The van der Waals surface area contributed by atoms with Crippen molar-refractivity contribution in [2.45, 2.75) is 64.0 Å². The van der Waals surface area contributed by atoms with Crippen molar-refractivity contribution in [2.24, 2.45) is 0 Å². The molecule has 1 aliphatic rings. The number of allylic oxidation sites excluding steroid dienone is 1. The second-order valence-corrected chi connectivity index (χ2v) is 9.21. The molecule has 5 rings (SSSR count). The molecule has 4 aromatic rings. The molecule has 182 valence electrons. The number of fused-ring (bicyclic) bond motifs is 2. The van der Waals surface area contributed by atoms with Crippen molar-refractivity contribution >= 4 is 22.5 Å². The molecule has 0 atom stereocenters. The fourth-order valence-corrected chi connectivity index (χ4v) is 4.86. The van der Waals surface area contributed by atoms with Gasteiger partial charge in [-0.05, 0) is 62.8 Å². The van der Waals surface area contributed by atoms with E-state index in [1.165, 1.54) is 0 Å².